The molecule has 1 saturated heterocycles. The number of carbonyl (C=O) groups excluding carboxylic acids is 1. The predicted molar refractivity (Wildman–Crippen MR) is 92.9 cm³/mol. The van der Waals surface area contributed by atoms with Crippen molar-refractivity contribution in [2.45, 2.75) is 64.6 Å². The van der Waals surface area contributed by atoms with Crippen molar-refractivity contribution < 1.29 is 14.6 Å². The Bertz CT molecular complexity index is 563. The van der Waals surface area contributed by atoms with Crippen LogP contribution in [0.25, 0.3) is 0 Å². The zero-order valence-electron chi connectivity index (χ0n) is 14.5. The van der Waals surface area contributed by atoms with Gasteiger partial charge in [-0.2, -0.15) is 0 Å². The van der Waals surface area contributed by atoms with Crippen molar-refractivity contribution in [1.82, 2.24) is 0 Å². The molecule has 1 heterocycles. The minimum atomic E-state index is -0.780. The van der Waals surface area contributed by atoms with Crippen LogP contribution < -0.4 is 0 Å². The molecule has 2 aliphatic rings. The lowest BCUT2D eigenvalue weighted by Gasteiger charge is -2.19. The van der Waals surface area contributed by atoms with Crippen molar-refractivity contribution >= 4 is 5.97 Å². The number of fused-ring (bicyclic) bond motifs is 1. The van der Waals surface area contributed by atoms with E-state index in [-0.39, 0.29) is 18.0 Å². The molecule has 1 fully saturated rings. The third-order valence-electron chi connectivity index (χ3n) is 4.71. The molecule has 0 aromatic rings. The monoisotopic (exact) mass is 316 g/mol. The number of hydrogen-bond donors (Lipinski definition) is 1. The normalized spacial score (nSPS) is 37.0. The molecule has 0 aromatic heterocycles. The second-order valence-corrected chi connectivity index (χ2v) is 7.11. The molecular formula is C20H28O3. The van der Waals surface area contributed by atoms with E-state index in [0.717, 1.165) is 31.3 Å². The fourth-order valence-electron chi connectivity index (χ4n) is 3.15. The third-order valence-corrected chi connectivity index (χ3v) is 4.71. The highest BCUT2D eigenvalue weighted by molar-refractivity contribution is 5.91. The van der Waals surface area contributed by atoms with Crippen molar-refractivity contribution in [3.8, 4) is 0 Å². The second-order valence-electron chi connectivity index (χ2n) is 7.11. The van der Waals surface area contributed by atoms with Crippen LogP contribution in [-0.2, 0) is 9.53 Å². The van der Waals surface area contributed by atoms with Gasteiger partial charge in [0, 0.05) is 11.5 Å². The summed E-state index contributed by atoms with van der Waals surface area (Å²) in [6, 6.07) is 0. The number of allylic oxidation sites excluding steroid dienone is 4. The van der Waals surface area contributed by atoms with Crippen LogP contribution in [0.1, 0.15) is 52.9 Å². The summed E-state index contributed by atoms with van der Waals surface area (Å²) in [6.07, 6.45) is 12.0. The Balaban J connectivity index is 2.24. The van der Waals surface area contributed by atoms with Crippen molar-refractivity contribution in [3.05, 3.63) is 47.6 Å². The van der Waals surface area contributed by atoms with Gasteiger partial charge in [-0.3, -0.25) is 0 Å². The minimum Gasteiger partial charge on any atom is -0.454 e. The molecule has 3 heteroatoms. The Labute approximate surface area is 139 Å². The second kappa shape index (κ2) is 7.31. The maximum atomic E-state index is 11.8. The molecule has 0 unspecified atom stereocenters. The van der Waals surface area contributed by atoms with Crippen LogP contribution >= 0.6 is 0 Å². The van der Waals surface area contributed by atoms with E-state index < -0.39 is 5.60 Å². The van der Waals surface area contributed by atoms with Crippen LogP contribution in [0.15, 0.2) is 47.6 Å². The Morgan fingerprint density at radius 1 is 1.35 bits per heavy atom. The molecule has 1 aliphatic carbocycles. The van der Waals surface area contributed by atoms with Crippen molar-refractivity contribution in [1.29, 1.82) is 0 Å². The van der Waals surface area contributed by atoms with Gasteiger partial charge in [0.05, 0.1) is 5.60 Å². The maximum Gasteiger partial charge on any atom is 0.334 e. The first-order chi connectivity index (χ1) is 10.8. The van der Waals surface area contributed by atoms with Gasteiger partial charge in [-0.15, -0.1) is 0 Å². The van der Waals surface area contributed by atoms with Gasteiger partial charge in [-0.05, 0) is 59.0 Å². The lowest BCUT2D eigenvalue weighted by Crippen LogP contribution is -2.20. The fourth-order valence-corrected chi connectivity index (χ4v) is 3.15. The molecule has 0 amide bonds. The highest BCUT2D eigenvalue weighted by Crippen LogP contribution is 2.33. The van der Waals surface area contributed by atoms with E-state index in [2.05, 4.69) is 19.6 Å². The number of aliphatic hydroxyl groups is 1. The summed E-state index contributed by atoms with van der Waals surface area (Å²) in [5, 5.41) is 10.4. The van der Waals surface area contributed by atoms with Gasteiger partial charge in [0.25, 0.3) is 0 Å². The van der Waals surface area contributed by atoms with E-state index in [0.29, 0.717) is 12.0 Å². The largest absolute Gasteiger partial charge is 0.454 e. The van der Waals surface area contributed by atoms with E-state index in [1.54, 1.807) is 0 Å². The van der Waals surface area contributed by atoms with E-state index in [9.17, 15) is 9.90 Å². The van der Waals surface area contributed by atoms with E-state index >= 15 is 0 Å². The standard InChI is InChI=1S/C20H28O3/c1-14-7-5-11-20(4,22)12-6-8-15(2)13-18-17(10-9-14)16(3)19(21)23-18/h6-7,12-13,17-18,22H,3,5,8-11H2,1-2,4H3/b12-6+,14-7?,15-13+/t17-,18-,20-/m0/s1. The molecule has 1 N–H and O–H groups in total. The molecule has 0 aromatic carbocycles. The van der Waals surface area contributed by atoms with Gasteiger partial charge >= 0.3 is 5.97 Å². The van der Waals surface area contributed by atoms with Gasteiger partial charge in [-0.1, -0.05) is 36.0 Å². The summed E-state index contributed by atoms with van der Waals surface area (Å²) in [6.45, 7) is 9.90. The van der Waals surface area contributed by atoms with Gasteiger partial charge in [0.15, 0.2) is 0 Å². The first kappa shape index (κ1) is 17.7. The van der Waals surface area contributed by atoms with Crippen LogP contribution in [0, 0.1) is 5.92 Å². The Morgan fingerprint density at radius 3 is 2.83 bits per heavy atom. The van der Waals surface area contributed by atoms with Crippen molar-refractivity contribution in [2.24, 2.45) is 5.92 Å². The Morgan fingerprint density at radius 2 is 2.09 bits per heavy atom. The molecule has 3 atom stereocenters. The fraction of sp³-hybridized carbons (Fsp3) is 0.550. The average molecular weight is 316 g/mol. The minimum absolute atomic E-state index is 0.0656. The molecule has 0 saturated carbocycles. The molecule has 3 nitrogen and oxygen atoms in total. The molecule has 23 heavy (non-hydrogen) atoms. The number of esters is 1. The summed E-state index contributed by atoms with van der Waals surface area (Å²) < 4.78 is 5.48. The quantitative estimate of drug-likeness (QED) is 0.413. The molecule has 126 valence electrons. The summed E-state index contributed by atoms with van der Waals surface area (Å²) >= 11 is 0. The predicted octanol–water partition coefficient (Wildman–Crippen LogP) is 4.25. The average Bonchev–Trinajstić information content (AvgIpc) is 2.70. The molecular weight excluding hydrogens is 288 g/mol. The summed E-state index contributed by atoms with van der Waals surface area (Å²) in [7, 11) is 0. The molecule has 2 rings (SSSR count). The zero-order chi connectivity index (χ0) is 17.0. The Kier molecular flexibility index (Phi) is 5.64. The van der Waals surface area contributed by atoms with Gasteiger partial charge in [0.1, 0.15) is 6.10 Å². The third kappa shape index (κ3) is 4.93. The smallest absolute Gasteiger partial charge is 0.334 e. The van der Waals surface area contributed by atoms with Crippen LogP contribution in [0.2, 0.25) is 0 Å². The van der Waals surface area contributed by atoms with Gasteiger partial charge in [0.2, 0.25) is 0 Å². The number of ether oxygens (including phenoxy) is 1. The van der Waals surface area contributed by atoms with E-state index in [1.807, 2.05) is 32.1 Å². The molecule has 0 bridgehead atoms. The van der Waals surface area contributed by atoms with Gasteiger partial charge in [-0.25, -0.2) is 4.79 Å². The number of hydrogen-bond acceptors (Lipinski definition) is 3. The highest BCUT2D eigenvalue weighted by atomic mass is 16.5. The van der Waals surface area contributed by atoms with E-state index in [1.165, 1.54) is 5.57 Å². The van der Waals surface area contributed by atoms with Crippen LogP contribution in [0.4, 0.5) is 0 Å². The zero-order valence-corrected chi connectivity index (χ0v) is 14.5. The SMILES string of the molecule is C=C1C(=O)O[C@H]2/C=C(\C)C/C=C/[C@@](C)(O)CCC=C(C)CC[C@@H]12. The summed E-state index contributed by atoms with van der Waals surface area (Å²) in [4.78, 5) is 11.8. The lowest BCUT2D eigenvalue weighted by molar-refractivity contribution is -0.137. The Hall–Kier alpha value is -1.61. The molecule has 0 spiro atoms. The number of rotatable bonds is 0. The number of carbonyl (C=O) groups is 1. The van der Waals surface area contributed by atoms with Crippen molar-refractivity contribution in [2.75, 3.05) is 0 Å². The van der Waals surface area contributed by atoms with Crippen molar-refractivity contribution in [3.63, 3.8) is 0 Å². The van der Waals surface area contributed by atoms with Crippen LogP contribution in [-0.4, -0.2) is 22.8 Å². The maximum absolute atomic E-state index is 11.8. The first-order valence-corrected chi connectivity index (χ1v) is 8.41. The highest BCUT2D eigenvalue weighted by Gasteiger charge is 2.36. The van der Waals surface area contributed by atoms with Crippen LogP contribution in [0.5, 0.6) is 0 Å². The van der Waals surface area contributed by atoms with E-state index in [4.69, 9.17) is 4.74 Å². The first-order valence-electron chi connectivity index (χ1n) is 8.41. The van der Waals surface area contributed by atoms with Crippen LogP contribution in [0.3, 0.4) is 0 Å². The topological polar surface area (TPSA) is 46.5 Å². The molecule has 1 aliphatic heterocycles. The van der Waals surface area contributed by atoms with Gasteiger partial charge < -0.3 is 9.84 Å². The molecule has 0 radical (unpaired) electrons. The summed E-state index contributed by atoms with van der Waals surface area (Å²) in [5.41, 5.74) is 2.24. The summed E-state index contributed by atoms with van der Waals surface area (Å²) in [5.74, 6) is -0.204. The lowest BCUT2D eigenvalue weighted by atomic mass is 9.88.